The molecule has 25 heavy (non-hydrogen) atoms. The highest BCUT2D eigenvalue weighted by Gasteiger charge is 2.13. The van der Waals surface area contributed by atoms with Crippen LogP contribution in [0.5, 0.6) is 0 Å². The predicted molar refractivity (Wildman–Crippen MR) is 106 cm³/mol. The molecule has 0 saturated heterocycles. The Balaban J connectivity index is 0.000000399. The highest BCUT2D eigenvalue weighted by molar-refractivity contribution is 7.16. The monoisotopic (exact) mass is 372 g/mol. The lowest BCUT2D eigenvalue weighted by atomic mass is 10.2. The molecule has 0 bridgehead atoms. The Labute approximate surface area is 155 Å². The highest BCUT2D eigenvalue weighted by atomic mass is 32.1. The average molecular weight is 373 g/mol. The van der Waals surface area contributed by atoms with Crippen LogP contribution in [0.1, 0.15) is 16.7 Å². The molecule has 0 aliphatic rings. The smallest absolute Gasteiger partial charge is 0.216 e. The first kappa shape index (κ1) is 18.8. The van der Waals surface area contributed by atoms with E-state index >= 15 is 0 Å². The van der Waals surface area contributed by atoms with Gasteiger partial charge in [-0.15, -0.1) is 22.7 Å². The number of carbonyl (C=O) groups is 1. The molecule has 130 valence electrons. The van der Waals surface area contributed by atoms with Crippen molar-refractivity contribution in [3.05, 3.63) is 51.5 Å². The molecule has 0 aliphatic heterocycles. The summed E-state index contributed by atoms with van der Waals surface area (Å²) >= 11 is 3.16. The summed E-state index contributed by atoms with van der Waals surface area (Å²) in [4.78, 5) is 16.3. The summed E-state index contributed by atoms with van der Waals surface area (Å²) < 4.78 is 0. The quantitative estimate of drug-likeness (QED) is 0.481. The number of thiophene rings is 1. The number of nitrogen functional groups attached to an aromatic ring is 1. The zero-order valence-electron chi connectivity index (χ0n) is 14.3. The minimum Gasteiger partial charge on any atom is -0.383 e. The molecule has 7 heteroatoms. The van der Waals surface area contributed by atoms with Gasteiger partial charge in [0.2, 0.25) is 5.91 Å². The fourth-order valence-electron chi connectivity index (χ4n) is 1.97. The number of amides is 1. The number of thiazole rings is 1. The second kappa shape index (κ2) is 8.55. The molecular weight excluding hydrogens is 352 g/mol. The van der Waals surface area contributed by atoms with Crippen molar-refractivity contribution in [3.63, 3.8) is 0 Å². The van der Waals surface area contributed by atoms with Gasteiger partial charge in [0.15, 0.2) is 0 Å². The summed E-state index contributed by atoms with van der Waals surface area (Å²) in [6.45, 7) is 3.51. The molecule has 0 aliphatic carbocycles. The molecule has 2 heterocycles. The van der Waals surface area contributed by atoms with Crippen LogP contribution in [-0.2, 0) is 4.79 Å². The predicted octanol–water partition coefficient (Wildman–Crippen LogP) is 3.88. The number of nitrogens with zero attached hydrogens (tertiary/aromatic N) is 1. The Hall–Kier alpha value is -2.51. The van der Waals surface area contributed by atoms with Crippen molar-refractivity contribution in [2.75, 3.05) is 7.05 Å². The van der Waals surface area contributed by atoms with Gasteiger partial charge in [0.1, 0.15) is 10.8 Å². The molecule has 1 aromatic carbocycles. The van der Waals surface area contributed by atoms with E-state index in [-0.39, 0.29) is 11.7 Å². The van der Waals surface area contributed by atoms with E-state index in [1.165, 1.54) is 18.3 Å². The summed E-state index contributed by atoms with van der Waals surface area (Å²) in [5.74, 6) is 0.120. The average Bonchev–Trinajstić information content (AvgIpc) is 3.23. The maximum Gasteiger partial charge on any atom is 0.216 e. The number of aryl methyl sites for hydroxylation is 1. The number of amidine groups is 1. The molecular formula is C18H20N4OS2. The van der Waals surface area contributed by atoms with Gasteiger partial charge < -0.3 is 11.1 Å². The third-order valence-electron chi connectivity index (χ3n) is 3.34. The van der Waals surface area contributed by atoms with Crippen molar-refractivity contribution in [2.45, 2.75) is 13.8 Å². The normalized spacial score (nSPS) is 9.88. The number of rotatable bonds is 3. The van der Waals surface area contributed by atoms with Gasteiger partial charge in [-0.25, -0.2) is 4.98 Å². The molecule has 0 spiro atoms. The molecule has 3 rings (SSSR count). The first-order chi connectivity index (χ1) is 11.9. The number of hydrogen-bond acceptors (Lipinski definition) is 5. The van der Waals surface area contributed by atoms with E-state index in [4.69, 9.17) is 16.1 Å². The van der Waals surface area contributed by atoms with Crippen LogP contribution in [0, 0.1) is 12.3 Å². The van der Waals surface area contributed by atoms with E-state index in [2.05, 4.69) is 22.8 Å². The van der Waals surface area contributed by atoms with Gasteiger partial charge in [-0.2, -0.15) is 0 Å². The van der Waals surface area contributed by atoms with E-state index in [1.54, 1.807) is 18.4 Å². The van der Waals surface area contributed by atoms with Crippen LogP contribution in [0.25, 0.3) is 21.8 Å². The Morgan fingerprint density at radius 3 is 2.44 bits per heavy atom. The molecule has 2 aromatic heterocycles. The lowest BCUT2D eigenvalue weighted by Crippen LogP contribution is -2.11. The zero-order chi connectivity index (χ0) is 18.4. The number of hydrogen-bond donors (Lipinski definition) is 3. The molecule has 0 unspecified atom stereocenters. The van der Waals surface area contributed by atoms with Gasteiger partial charge in [-0.1, -0.05) is 30.3 Å². The van der Waals surface area contributed by atoms with Gasteiger partial charge in [0, 0.05) is 35.4 Å². The second-order valence-corrected chi connectivity index (χ2v) is 7.32. The van der Waals surface area contributed by atoms with Gasteiger partial charge in [-0.3, -0.25) is 10.2 Å². The van der Waals surface area contributed by atoms with Gasteiger partial charge in [0.05, 0.1) is 10.6 Å². The third-order valence-corrected chi connectivity index (χ3v) is 5.30. The van der Waals surface area contributed by atoms with Crippen LogP contribution in [-0.4, -0.2) is 23.8 Å². The maximum atomic E-state index is 9.70. The van der Waals surface area contributed by atoms with E-state index < -0.39 is 0 Å². The minimum atomic E-state index is 0.00463. The summed E-state index contributed by atoms with van der Waals surface area (Å²) in [5.41, 5.74) is 8.73. The summed E-state index contributed by atoms with van der Waals surface area (Å²) in [7, 11) is 1.60. The minimum absolute atomic E-state index is 0.00463. The summed E-state index contributed by atoms with van der Waals surface area (Å²) in [6, 6.07) is 12.1. The molecule has 4 N–H and O–H groups in total. The van der Waals surface area contributed by atoms with E-state index in [9.17, 15) is 4.79 Å². The molecule has 0 radical (unpaired) electrons. The fraction of sp³-hybridized carbons (Fsp3) is 0.167. The van der Waals surface area contributed by atoms with Crippen LogP contribution in [0.15, 0.2) is 41.8 Å². The van der Waals surface area contributed by atoms with Crippen LogP contribution in [0.3, 0.4) is 0 Å². The van der Waals surface area contributed by atoms with Crippen LogP contribution >= 0.6 is 22.7 Å². The number of aromatic nitrogens is 1. The zero-order valence-corrected chi connectivity index (χ0v) is 15.9. The van der Waals surface area contributed by atoms with Crippen molar-refractivity contribution in [3.8, 4) is 21.8 Å². The van der Waals surface area contributed by atoms with Crippen molar-refractivity contribution < 1.29 is 4.79 Å². The highest BCUT2D eigenvalue weighted by Crippen LogP contribution is 2.34. The Morgan fingerprint density at radius 2 is 1.92 bits per heavy atom. The molecule has 0 fully saturated rings. The van der Waals surface area contributed by atoms with Crippen molar-refractivity contribution >= 4 is 34.4 Å². The Morgan fingerprint density at radius 1 is 1.28 bits per heavy atom. The third kappa shape index (κ3) is 4.98. The van der Waals surface area contributed by atoms with Crippen LogP contribution in [0.2, 0.25) is 0 Å². The fourth-order valence-corrected chi connectivity index (χ4v) is 3.81. The van der Waals surface area contributed by atoms with Crippen molar-refractivity contribution in [2.24, 2.45) is 5.73 Å². The lowest BCUT2D eigenvalue weighted by Gasteiger charge is -1.95. The molecule has 0 saturated carbocycles. The summed E-state index contributed by atoms with van der Waals surface area (Å²) in [6.07, 6.45) is 0. The first-order valence-electron chi connectivity index (χ1n) is 7.56. The largest absolute Gasteiger partial charge is 0.383 e. The van der Waals surface area contributed by atoms with Gasteiger partial charge in [-0.05, 0) is 13.0 Å². The Bertz CT molecular complexity index is 868. The molecule has 1 amide bonds. The number of benzene rings is 1. The van der Waals surface area contributed by atoms with Crippen molar-refractivity contribution in [1.29, 1.82) is 5.41 Å². The van der Waals surface area contributed by atoms with Gasteiger partial charge >= 0.3 is 0 Å². The second-order valence-electron chi connectivity index (χ2n) is 5.20. The number of nitrogens with two attached hydrogens (primary N) is 1. The van der Waals surface area contributed by atoms with Crippen LogP contribution in [0.4, 0.5) is 0 Å². The van der Waals surface area contributed by atoms with Gasteiger partial charge in [0.25, 0.3) is 0 Å². The lowest BCUT2D eigenvalue weighted by molar-refractivity contribution is -0.118. The Kier molecular flexibility index (Phi) is 6.44. The number of nitrogens with one attached hydrogen (secondary N) is 2. The van der Waals surface area contributed by atoms with E-state index in [1.807, 2.05) is 31.2 Å². The maximum absolute atomic E-state index is 9.70. The molecule has 5 nitrogen and oxygen atoms in total. The SMILES string of the molecule is CNC(C)=O.Cc1sc(C(=N)N)cc1-c1nc(-c2ccccc2)cs1. The van der Waals surface area contributed by atoms with E-state index in [0.29, 0.717) is 0 Å². The first-order valence-corrected chi connectivity index (χ1v) is 9.26. The molecule has 3 aromatic rings. The molecule has 0 atom stereocenters. The summed E-state index contributed by atoms with van der Waals surface area (Å²) in [5, 5.41) is 12.9. The topological polar surface area (TPSA) is 91.9 Å². The van der Waals surface area contributed by atoms with E-state index in [0.717, 1.165) is 31.6 Å². The standard InChI is InChI=1S/C15H13N3S2.C3H7NO/c1-9-11(7-13(20-9)14(16)17)15-18-12(8-19-15)10-5-3-2-4-6-10;1-3(5)4-2/h2-8H,1H3,(H3,16,17);1-2H3,(H,4,5). The van der Waals surface area contributed by atoms with Crippen molar-refractivity contribution in [1.82, 2.24) is 10.3 Å². The van der Waals surface area contributed by atoms with Crippen LogP contribution < -0.4 is 11.1 Å². The number of carbonyl (C=O) groups excluding carboxylic acids is 1.